The molecule has 0 bridgehead atoms. The quantitative estimate of drug-likeness (QED) is 0.913. The molecule has 0 saturated carbocycles. The van der Waals surface area contributed by atoms with Crippen molar-refractivity contribution in [2.45, 2.75) is 32.9 Å². The highest BCUT2D eigenvalue weighted by Gasteiger charge is 2.13. The molecule has 0 aliphatic carbocycles. The summed E-state index contributed by atoms with van der Waals surface area (Å²) in [6, 6.07) is 5.51. The molecule has 2 rings (SSSR count). The van der Waals surface area contributed by atoms with Crippen LogP contribution < -0.4 is 10.2 Å². The van der Waals surface area contributed by atoms with Crippen molar-refractivity contribution in [3.05, 3.63) is 42.2 Å². The Labute approximate surface area is 125 Å². The third-order valence-electron chi connectivity index (χ3n) is 3.73. The van der Waals surface area contributed by atoms with Crippen LogP contribution in [0.5, 0.6) is 0 Å². The van der Waals surface area contributed by atoms with Crippen molar-refractivity contribution in [3.8, 4) is 0 Å². The fourth-order valence-corrected chi connectivity index (χ4v) is 2.27. The van der Waals surface area contributed by atoms with Crippen molar-refractivity contribution in [2.75, 3.05) is 17.3 Å². The lowest BCUT2D eigenvalue weighted by Gasteiger charge is -2.25. The second-order valence-corrected chi connectivity index (χ2v) is 5.63. The Morgan fingerprint density at radius 2 is 2.00 bits per heavy atom. The Balaban J connectivity index is 2.15. The van der Waals surface area contributed by atoms with E-state index in [2.05, 4.69) is 10.3 Å². The lowest BCUT2D eigenvalue weighted by atomic mass is 10.2. The number of hydrogen-bond acceptors (Lipinski definition) is 3. The van der Waals surface area contributed by atoms with E-state index < -0.39 is 0 Å². The topological polar surface area (TPSA) is 33.1 Å². The average Bonchev–Trinajstić information content (AvgIpc) is 2.84. The molecule has 0 radical (unpaired) electrons. The fourth-order valence-electron chi connectivity index (χ4n) is 2.27. The summed E-state index contributed by atoms with van der Waals surface area (Å²) < 4.78 is 16.2. The second-order valence-electron chi connectivity index (χ2n) is 5.63. The first kappa shape index (κ1) is 15.4. The predicted molar refractivity (Wildman–Crippen MR) is 85.2 cm³/mol. The number of aryl methyl sites for hydroxylation is 1. The standard InChI is InChI=1S/C16H23FN4/c1-11(2)21(5)15-7-6-13(10-14(15)17)19-12(3)16-18-8-9-20(16)4/h6-12,19H,1-5H3. The maximum absolute atomic E-state index is 14.2. The number of rotatable bonds is 5. The van der Waals surface area contributed by atoms with E-state index in [9.17, 15) is 4.39 Å². The van der Waals surface area contributed by atoms with Crippen molar-refractivity contribution in [1.29, 1.82) is 0 Å². The van der Waals surface area contributed by atoms with Gasteiger partial charge in [-0.1, -0.05) is 0 Å². The van der Waals surface area contributed by atoms with Gasteiger partial charge in [0.2, 0.25) is 0 Å². The van der Waals surface area contributed by atoms with Gasteiger partial charge in [-0.05, 0) is 39.0 Å². The summed E-state index contributed by atoms with van der Waals surface area (Å²) in [6.07, 6.45) is 3.66. The van der Waals surface area contributed by atoms with Crippen LogP contribution in [0.3, 0.4) is 0 Å². The summed E-state index contributed by atoms with van der Waals surface area (Å²) >= 11 is 0. The second kappa shape index (κ2) is 6.16. The highest BCUT2D eigenvalue weighted by atomic mass is 19.1. The zero-order valence-corrected chi connectivity index (χ0v) is 13.3. The summed E-state index contributed by atoms with van der Waals surface area (Å²) in [5.41, 5.74) is 1.36. The molecule has 1 atom stereocenters. The van der Waals surface area contributed by atoms with Gasteiger partial charge in [-0.2, -0.15) is 0 Å². The molecule has 0 fully saturated rings. The number of hydrogen-bond donors (Lipinski definition) is 1. The zero-order chi connectivity index (χ0) is 15.6. The third-order valence-corrected chi connectivity index (χ3v) is 3.73. The van der Waals surface area contributed by atoms with Gasteiger partial charge >= 0.3 is 0 Å². The number of halogens is 1. The maximum Gasteiger partial charge on any atom is 0.148 e. The van der Waals surface area contributed by atoms with Gasteiger partial charge in [0.15, 0.2) is 0 Å². The molecule has 114 valence electrons. The Bertz CT molecular complexity index is 606. The normalized spacial score (nSPS) is 12.5. The van der Waals surface area contributed by atoms with Gasteiger partial charge < -0.3 is 14.8 Å². The monoisotopic (exact) mass is 290 g/mol. The highest BCUT2D eigenvalue weighted by molar-refractivity contribution is 5.56. The van der Waals surface area contributed by atoms with Gasteiger partial charge in [0, 0.05) is 38.2 Å². The smallest absolute Gasteiger partial charge is 0.148 e. The summed E-state index contributed by atoms with van der Waals surface area (Å²) in [5.74, 6) is 0.696. The van der Waals surface area contributed by atoms with E-state index in [0.717, 1.165) is 11.5 Å². The summed E-state index contributed by atoms with van der Waals surface area (Å²) in [7, 11) is 3.84. The Kier molecular flexibility index (Phi) is 4.50. The average molecular weight is 290 g/mol. The van der Waals surface area contributed by atoms with E-state index in [-0.39, 0.29) is 17.9 Å². The molecule has 21 heavy (non-hydrogen) atoms. The van der Waals surface area contributed by atoms with Crippen molar-refractivity contribution < 1.29 is 4.39 Å². The minimum absolute atomic E-state index is 0.0121. The van der Waals surface area contributed by atoms with Gasteiger partial charge in [-0.15, -0.1) is 0 Å². The van der Waals surface area contributed by atoms with Crippen molar-refractivity contribution >= 4 is 11.4 Å². The lowest BCUT2D eigenvalue weighted by Crippen LogP contribution is -2.26. The molecule has 1 aromatic carbocycles. The molecule has 0 aliphatic heterocycles. The van der Waals surface area contributed by atoms with Crippen LogP contribution in [0, 0.1) is 5.82 Å². The molecule has 1 heterocycles. The van der Waals surface area contributed by atoms with Crippen molar-refractivity contribution in [1.82, 2.24) is 9.55 Å². The molecular weight excluding hydrogens is 267 g/mol. The number of imidazole rings is 1. The largest absolute Gasteiger partial charge is 0.375 e. The number of anilines is 2. The predicted octanol–water partition coefficient (Wildman–Crippen LogP) is 3.58. The third kappa shape index (κ3) is 3.35. The fraction of sp³-hybridized carbons (Fsp3) is 0.438. The highest BCUT2D eigenvalue weighted by Crippen LogP contribution is 2.25. The van der Waals surface area contributed by atoms with Crippen LogP contribution in [0.15, 0.2) is 30.6 Å². The lowest BCUT2D eigenvalue weighted by molar-refractivity contribution is 0.613. The van der Waals surface area contributed by atoms with Gasteiger partial charge in [0.1, 0.15) is 11.6 Å². The molecule has 2 aromatic rings. The van der Waals surface area contributed by atoms with E-state index in [1.165, 1.54) is 6.07 Å². The first-order valence-corrected chi connectivity index (χ1v) is 7.16. The van der Waals surface area contributed by atoms with E-state index in [0.29, 0.717) is 5.69 Å². The minimum Gasteiger partial charge on any atom is -0.375 e. The molecule has 0 spiro atoms. The molecule has 1 unspecified atom stereocenters. The summed E-state index contributed by atoms with van der Waals surface area (Å²) in [6.45, 7) is 6.08. The van der Waals surface area contributed by atoms with Crippen molar-refractivity contribution in [3.63, 3.8) is 0 Å². The number of nitrogens with one attached hydrogen (secondary N) is 1. The summed E-state index contributed by atoms with van der Waals surface area (Å²) in [4.78, 5) is 6.22. The van der Waals surface area contributed by atoms with Crippen LogP contribution in [0.1, 0.15) is 32.6 Å². The SMILES string of the molecule is CC(Nc1ccc(N(C)C(C)C)c(F)c1)c1nccn1C. The van der Waals surface area contributed by atoms with Crippen LogP contribution in [-0.4, -0.2) is 22.6 Å². The molecule has 0 aliphatic rings. The van der Waals surface area contributed by atoms with Gasteiger partial charge in [-0.25, -0.2) is 9.37 Å². The van der Waals surface area contributed by atoms with Crippen LogP contribution in [-0.2, 0) is 7.05 Å². The van der Waals surface area contributed by atoms with Gasteiger partial charge in [-0.3, -0.25) is 0 Å². The molecule has 0 amide bonds. The molecule has 4 nitrogen and oxygen atoms in total. The van der Waals surface area contributed by atoms with Crippen LogP contribution >= 0.6 is 0 Å². The van der Waals surface area contributed by atoms with Crippen LogP contribution in [0.25, 0.3) is 0 Å². The molecular formula is C16H23FN4. The number of aromatic nitrogens is 2. The van der Waals surface area contributed by atoms with E-state index in [1.807, 2.05) is 62.7 Å². The minimum atomic E-state index is -0.219. The summed E-state index contributed by atoms with van der Waals surface area (Å²) in [5, 5.41) is 3.28. The maximum atomic E-state index is 14.2. The Hall–Kier alpha value is -2.04. The van der Waals surface area contributed by atoms with Crippen molar-refractivity contribution in [2.24, 2.45) is 7.05 Å². The van der Waals surface area contributed by atoms with Crippen LogP contribution in [0.4, 0.5) is 15.8 Å². The van der Waals surface area contributed by atoms with Crippen LogP contribution in [0.2, 0.25) is 0 Å². The van der Waals surface area contributed by atoms with Gasteiger partial charge in [0.05, 0.1) is 11.7 Å². The molecule has 1 aromatic heterocycles. The Morgan fingerprint density at radius 3 is 2.52 bits per heavy atom. The zero-order valence-electron chi connectivity index (χ0n) is 13.3. The molecule has 1 N–H and O–H groups in total. The van der Waals surface area contributed by atoms with E-state index in [1.54, 1.807) is 6.20 Å². The number of nitrogens with zero attached hydrogens (tertiary/aromatic N) is 3. The molecule has 0 saturated heterocycles. The Morgan fingerprint density at radius 1 is 1.29 bits per heavy atom. The number of benzene rings is 1. The molecule has 5 heteroatoms. The first-order chi connectivity index (χ1) is 9.90. The van der Waals surface area contributed by atoms with E-state index in [4.69, 9.17) is 0 Å². The van der Waals surface area contributed by atoms with E-state index >= 15 is 0 Å². The van der Waals surface area contributed by atoms with Gasteiger partial charge in [0.25, 0.3) is 0 Å². The first-order valence-electron chi connectivity index (χ1n) is 7.16.